The number of rotatable bonds is 5. The van der Waals surface area contributed by atoms with E-state index < -0.39 is 0 Å². The van der Waals surface area contributed by atoms with Crippen LogP contribution in [0.4, 0.5) is 0 Å². The van der Waals surface area contributed by atoms with Gasteiger partial charge in [0.2, 0.25) is 0 Å². The van der Waals surface area contributed by atoms with Gasteiger partial charge in [0.1, 0.15) is 5.82 Å². The molecule has 1 aliphatic heterocycles. The Morgan fingerprint density at radius 2 is 2.30 bits per heavy atom. The summed E-state index contributed by atoms with van der Waals surface area (Å²) in [6.45, 7) is 3.24. The van der Waals surface area contributed by atoms with Gasteiger partial charge in [0.05, 0.1) is 11.0 Å². The van der Waals surface area contributed by atoms with Crippen molar-refractivity contribution in [3.8, 4) is 0 Å². The van der Waals surface area contributed by atoms with Gasteiger partial charge in [-0.2, -0.15) is 11.8 Å². The molecule has 2 heterocycles. The van der Waals surface area contributed by atoms with E-state index in [9.17, 15) is 0 Å². The van der Waals surface area contributed by atoms with Crippen LogP contribution in [0.2, 0.25) is 0 Å². The Kier molecular flexibility index (Phi) is 4.32. The summed E-state index contributed by atoms with van der Waals surface area (Å²) in [6, 6.07) is 8.97. The second kappa shape index (κ2) is 6.19. The number of nitrogens with zero attached hydrogens (tertiary/aromatic N) is 2. The fourth-order valence-electron chi connectivity index (χ4n) is 3.11. The molecule has 0 spiro atoms. The van der Waals surface area contributed by atoms with E-state index in [-0.39, 0.29) is 0 Å². The van der Waals surface area contributed by atoms with Gasteiger partial charge >= 0.3 is 0 Å². The van der Waals surface area contributed by atoms with E-state index in [1.807, 2.05) is 0 Å². The van der Waals surface area contributed by atoms with Crippen LogP contribution in [-0.2, 0) is 13.5 Å². The van der Waals surface area contributed by atoms with Crippen LogP contribution in [0.5, 0.6) is 0 Å². The van der Waals surface area contributed by atoms with E-state index in [1.54, 1.807) is 0 Å². The largest absolute Gasteiger partial charge is 0.331 e. The first-order valence-electron chi connectivity index (χ1n) is 7.51. The van der Waals surface area contributed by atoms with Crippen LogP contribution in [0.1, 0.15) is 19.2 Å². The summed E-state index contributed by atoms with van der Waals surface area (Å²) in [7, 11) is 2.14. The average Bonchev–Trinajstić information content (AvgIpc) is 3.08. The molecule has 20 heavy (non-hydrogen) atoms. The van der Waals surface area contributed by atoms with Gasteiger partial charge in [-0.1, -0.05) is 19.1 Å². The number of aryl methyl sites for hydroxylation is 1. The van der Waals surface area contributed by atoms with Crippen LogP contribution in [0.25, 0.3) is 11.0 Å². The maximum Gasteiger partial charge on any atom is 0.111 e. The summed E-state index contributed by atoms with van der Waals surface area (Å²) >= 11 is 2.09. The fourth-order valence-corrected chi connectivity index (χ4v) is 4.45. The Bertz CT molecular complexity index is 572. The zero-order valence-electron chi connectivity index (χ0n) is 12.3. The van der Waals surface area contributed by atoms with Gasteiger partial charge in [-0.05, 0) is 42.5 Å². The number of imidazole rings is 1. The van der Waals surface area contributed by atoms with E-state index in [0.29, 0.717) is 6.04 Å². The van der Waals surface area contributed by atoms with E-state index >= 15 is 0 Å². The normalized spacial score (nSPS) is 20.6. The number of nitrogens with one attached hydrogen (secondary N) is 1. The molecule has 4 heteroatoms. The van der Waals surface area contributed by atoms with Crippen LogP contribution in [0.15, 0.2) is 24.3 Å². The SMILES string of the molecule is CCNC(Cc1nc2ccccc2n1C)C1CCSC1. The number of fused-ring (bicyclic) bond motifs is 1. The summed E-state index contributed by atoms with van der Waals surface area (Å²) < 4.78 is 2.25. The van der Waals surface area contributed by atoms with Gasteiger partial charge in [0, 0.05) is 19.5 Å². The zero-order chi connectivity index (χ0) is 13.9. The molecule has 1 saturated heterocycles. The third-order valence-electron chi connectivity index (χ3n) is 4.28. The number of para-hydroxylation sites is 2. The van der Waals surface area contributed by atoms with Crippen molar-refractivity contribution in [3.05, 3.63) is 30.1 Å². The second-order valence-electron chi connectivity index (χ2n) is 5.57. The first-order valence-corrected chi connectivity index (χ1v) is 8.66. The van der Waals surface area contributed by atoms with Crippen molar-refractivity contribution in [1.29, 1.82) is 0 Å². The second-order valence-corrected chi connectivity index (χ2v) is 6.72. The summed E-state index contributed by atoms with van der Waals surface area (Å²) in [5.41, 5.74) is 2.35. The summed E-state index contributed by atoms with van der Waals surface area (Å²) in [5.74, 6) is 4.60. The van der Waals surface area contributed by atoms with Crippen molar-refractivity contribution >= 4 is 22.8 Å². The smallest absolute Gasteiger partial charge is 0.111 e. The predicted molar refractivity (Wildman–Crippen MR) is 87.3 cm³/mol. The Morgan fingerprint density at radius 3 is 3.00 bits per heavy atom. The minimum Gasteiger partial charge on any atom is -0.331 e. The molecule has 2 atom stereocenters. The lowest BCUT2D eigenvalue weighted by atomic mass is 9.96. The van der Waals surface area contributed by atoms with Crippen molar-refractivity contribution in [2.24, 2.45) is 13.0 Å². The van der Waals surface area contributed by atoms with Crippen LogP contribution in [0.3, 0.4) is 0 Å². The van der Waals surface area contributed by atoms with Gasteiger partial charge in [-0.15, -0.1) is 0 Å². The van der Waals surface area contributed by atoms with Gasteiger partial charge in [-0.3, -0.25) is 0 Å². The standard InChI is InChI=1S/C16H23N3S/c1-3-17-14(12-8-9-20-11-12)10-16-18-13-6-4-5-7-15(13)19(16)2/h4-7,12,14,17H,3,8-11H2,1-2H3. The molecule has 0 radical (unpaired) electrons. The Labute approximate surface area is 125 Å². The molecule has 3 nitrogen and oxygen atoms in total. The highest BCUT2D eigenvalue weighted by Gasteiger charge is 2.26. The molecule has 1 aromatic heterocycles. The third-order valence-corrected chi connectivity index (χ3v) is 5.47. The van der Waals surface area contributed by atoms with Crippen LogP contribution in [-0.4, -0.2) is 33.6 Å². The van der Waals surface area contributed by atoms with Gasteiger partial charge in [-0.25, -0.2) is 4.98 Å². The molecule has 0 saturated carbocycles. The Hall–Kier alpha value is -1.000. The molecule has 1 aliphatic rings. The maximum atomic E-state index is 4.82. The maximum absolute atomic E-state index is 4.82. The van der Waals surface area contributed by atoms with Crippen molar-refractivity contribution < 1.29 is 0 Å². The minimum atomic E-state index is 0.561. The quantitative estimate of drug-likeness (QED) is 0.918. The number of benzene rings is 1. The zero-order valence-corrected chi connectivity index (χ0v) is 13.1. The highest BCUT2D eigenvalue weighted by Crippen LogP contribution is 2.28. The lowest BCUT2D eigenvalue weighted by molar-refractivity contribution is 0.379. The molecule has 108 valence electrons. The van der Waals surface area contributed by atoms with Crippen LogP contribution < -0.4 is 5.32 Å². The Balaban J connectivity index is 1.84. The number of thioether (sulfide) groups is 1. The topological polar surface area (TPSA) is 29.9 Å². The summed E-state index contributed by atoms with van der Waals surface area (Å²) in [5, 5.41) is 3.68. The lowest BCUT2D eigenvalue weighted by Crippen LogP contribution is -2.38. The molecule has 1 aromatic carbocycles. The minimum absolute atomic E-state index is 0.561. The first-order chi connectivity index (χ1) is 9.79. The highest BCUT2D eigenvalue weighted by atomic mass is 32.2. The van der Waals surface area contributed by atoms with Crippen molar-refractivity contribution in [3.63, 3.8) is 0 Å². The van der Waals surface area contributed by atoms with E-state index in [4.69, 9.17) is 4.98 Å². The molecule has 0 bridgehead atoms. The number of likely N-dealkylation sites (N-methyl/N-ethyl adjacent to an activating group) is 1. The van der Waals surface area contributed by atoms with E-state index in [1.165, 1.54) is 29.3 Å². The van der Waals surface area contributed by atoms with E-state index in [0.717, 1.165) is 24.4 Å². The van der Waals surface area contributed by atoms with Gasteiger partial charge < -0.3 is 9.88 Å². The molecular weight excluding hydrogens is 266 g/mol. The molecule has 2 unspecified atom stereocenters. The monoisotopic (exact) mass is 289 g/mol. The third kappa shape index (κ3) is 2.72. The molecule has 0 amide bonds. The van der Waals surface area contributed by atoms with Crippen LogP contribution in [0, 0.1) is 5.92 Å². The summed E-state index contributed by atoms with van der Waals surface area (Å²) in [4.78, 5) is 4.82. The summed E-state index contributed by atoms with van der Waals surface area (Å²) in [6.07, 6.45) is 2.37. The molecule has 0 aliphatic carbocycles. The first kappa shape index (κ1) is 14.0. The van der Waals surface area contributed by atoms with Crippen LogP contribution >= 0.6 is 11.8 Å². The van der Waals surface area contributed by atoms with Gasteiger partial charge in [0.25, 0.3) is 0 Å². The molecule has 2 aromatic rings. The van der Waals surface area contributed by atoms with Crippen molar-refractivity contribution in [2.45, 2.75) is 25.8 Å². The molecule has 1 fully saturated rings. The number of aromatic nitrogens is 2. The van der Waals surface area contributed by atoms with Crippen molar-refractivity contribution in [1.82, 2.24) is 14.9 Å². The van der Waals surface area contributed by atoms with E-state index in [2.05, 4.69) is 59.9 Å². The van der Waals surface area contributed by atoms with Crippen molar-refractivity contribution in [2.75, 3.05) is 18.1 Å². The highest BCUT2D eigenvalue weighted by molar-refractivity contribution is 7.99. The average molecular weight is 289 g/mol. The molecule has 3 rings (SSSR count). The number of hydrogen-bond acceptors (Lipinski definition) is 3. The fraction of sp³-hybridized carbons (Fsp3) is 0.562. The number of hydrogen-bond donors (Lipinski definition) is 1. The molecule has 1 N–H and O–H groups in total. The Morgan fingerprint density at radius 1 is 1.45 bits per heavy atom. The lowest BCUT2D eigenvalue weighted by Gasteiger charge is -2.23. The van der Waals surface area contributed by atoms with Gasteiger partial charge in [0.15, 0.2) is 0 Å². The molecular formula is C16H23N3S. The predicted octanol–water partition coefficient (Wildman–Crippen LogP) is 2.85.